The third-order valence-electron chi connectivity index (χ3n) is 6.21. The third-order valence-corrected chi connectivity index (χ3v) is 6.21. The maximum absolute atomic E-state index is 3.62. The zero-order chi connectivity index (χ0) is 18.5. The van der Waals surface area contributed by atoms with E-state index in [9.17, 15) is 0 Å². The second kappa shape index (κ2) is 6.10. The number of benzene rings is 4. The van der Waals surface area contributed by atoms with E-state index >= 15 is 0 Å². The van der Waals surface area contributed by atoms with Crippen molar-refractivity contribution in [1.29, 1.82) is 0 Å². The van der Waals surface area contributed by atoms with E-state index in [1.54, 1.807) is 0 Å². The summed E-state index contributed by atoms with van der Waals surface area (Å²) in [7, 11) is 0. The average molecular weight is 359 g/mol. The van der Waals surface area contributed by atoms with Crippen LogP contribution in [0.5, 0.6) is 0 Å². The van der Waals surface area contributed by atoms with Gasteiger partial charge in [-0.15, -0.1) is 0 Å². The molecule has 0 saturated carbocycles. The Morgan fingerprint density at radius 1 is 0.679 bits per heavy atom. The molecular weight excluding hydrogens is 338 g/mol. The molecule has 0 amide bonds. The van der Waals surface area contributed by atoms with Gasteiger partial charge >= 0.3 is 0 Å². The van der Waals surface area contributed by atoms with Crippen LogP contribution in [0.15, 0.2) is 91.0 Å². The summed E-state index contributed by atoms with van der Waals surface area (Å²) in [5, 5.41) is 2.63. The van der Waals surface area contributed by atoms with E-state index in [1.807, 2.05) is 0 Å². The van der Waals surface area contributed by atoms with Crippen LogP contribution in [0.3, 0.4) is 0 Å². The Hall–Kier alpha value is -3.32. The zero-order valence-electron chi connectivity index (χ0n) is 15.7. The van der Waals surface area contributed by atoms with Gasteiger partial charge in [-0.3, -0.25) is 0 Å². The fourth-order valence-corrected chi connectivity index (χ4v) is 4.92. The molecule has 28 heavy (non-hydrogen) atoms. The van der Waals surface area contributed by atoms with Crippen LogP contribution in [-0.2, 0) is 12.8 Å². The Labute approximate surface area is 164 Å². The lowest BCUT2D eigenvalue weighted by Crippen LogP contribution is -2.13. The van der Waals surface area contributed by atoms with Gasteiger partial charge in [0.1, 0.15) is 0 Å². The smallest absolute Gasteiger partial charge is 0.0468 e. The molecule has 0 fully saturated rings. The van der Waals surface area contributed by atoms with Crippen LogP contribution in [0.4, 0.5) is 0 Å². The lowest BCUT2D eigenvalue weighted by molar-refractivity contribution is 0.673. The van der Waals surface area contributed by atoms with Crippen molar-refractivity contribution in [3.63, 3.8) is 0 Å². The first kappa shape index (κ1) is 15.7. The van der Waals surface area contributed by atoms with Crippen LogP contribution in [0.2, 0.25) is 0 Å². The topological polar surface area (TPSA) is 15.8 Å². The van der Waals surface area contributed by atoms with Crippen molar-refractivity contribution in [2.24, 2.45) is 0 Å². The number of H-pyrrole nitrogens is 1. The summed E-state index contributed by atoms with van der Waals surface area (Å²) in [5.41, 5.74) is 9.62. The molecule has 1 unspecified atom stereocenters. The second-order valence-electron chi connectivity index (χ2n) is 7.90. The first-order chi connectivity index (χ1) is 13.9. The normalized spacial score (nSPS) is 15.5. The highest BCUT2D eigenvalue weighted by Crippen LogP contribution is 2.43. The molecule has 1 aliphatic carbocycles. The largest absolute Gasteiger partial charge is 0.355 e. The van der Waals surface area contributed by atoms with Crippen molar-refractivity contribution >= 4 is 21.8 Å². The molecule has 6 rings (SSSR count). The second-order valence-corrected chi connectivity index (χ2v) is 7.90. The lowest BCUT2D eigenvalue weighted by Gasteiger charge is -2.28. The van der Waals surface area contributed by atoms with Crippen molar-refractivity contribution in [2.75, 3.05) is 0 Å². The Morgan fingerprint density at radius 2 is 1.46 bits per heavy atom. The Kier molecular flexibility index (Phi) is 3.42. The molecule has 1 aliphatic rings. The molecule has 0 bridgehead atoms. The molecule has 5 aromatic rings. The summed E-state index contributed by atoms with van der Waals surface area (Å²) < 4.78 is 0. The standard InChI is InChI=1S/C27H21N/c1-2-8-18(9-3-1)14-19-15-20-16-27-25(23-12-6-7-13-26(23)28-27)17-24(20)22-11-5-4-10-21(19)22/h1-13,16-17,19,28H,14-15H2. The Bertz CT molecular complexity index is 1310. The summed E-state index contributed by atoms with van der Waals surface area (Å²) in [6.45, 7) is 0. The minimum atomic E-state index is 0.521. The van der Waals surface area contributed by atoms with Gasteiger partial charge in [-0.1, -0.05) is 72.8 Å². The van der Waals surface area contributed by atoms with Crippen molar-refractivity contribution in [1.82, 2.24) is 4.98 Å². The van der Waals surface area contributed by atoms with Gasteiger partial charge < -0.3 is 4.98 Å². The summed E-state index contributed by atoms with van der Waals surface area (Å²) >= 11 is 0. The van der Waals surface area contributed by atoms with Gasteiger partial charge in [-0.2, -0.15) is 0 Å². The number of fused-ring (bicyclic) bond motifs is 6. The quantitative estimate of drug-likeness (QED) is 0.354. The minimum Gasteiger partial charge on any atom is -0.355 e. The molecule has 1 aromatic heterocycles. The van der Waals surface area contributed by atoms with E-state index in [1.165, 1.54) is 49.6 Å². The first-order valence-corrected chi connectivity index (χ1v) is 10.0. The summed E-state index contributed by atoms with van der Waals surface area (Å²) in [4.78, 5) is 3.62. The molecule has 1 heteroatoms. The number of aromatic nitrogens is 1. The summed E-state index contributed by atoms with van der Waals surface area (Å²) in [5.74, 6) is 0.521. The van der Waals surface area contributed by atoms with Crippen LogP contribution in [0.25, 0.3) is 32.9 Å². The van der Waals surface area contributed by atoms with E-state index < -0.39 is 0 Å². The van der Waals surface area contributed by atoms with Gasteiger partial charge in [0, 0.05) is 21.8 Å². The highest BCUT2D eigenvalue weighted by atomic mass is 14.7. The summed E-state index contributed by atoms with van der Waals surface area (Å²) in [6.07, 6.45) is 2.18. The van der Waals surface area contributed by atoms with Crippen LogP contribution in [0, 0.1) is 0 Å². The molecule has 1 N–H and O–H groups in total. The van der Waals surface area contributed by atoms with Crippen LogP contribution < -0.4 is 0 Å². The predicted octanol–water partition coefficient (Wildman–Crippen LogP) is 6.87. The van der Waals surface area contributed by atoms with E-state index in [2.05, 4.69) is 96.0 Å². The molecule has 134 valence electrons. The molecule has 4 aromatic carbocycles. The highest BCUT2D eigenvalue weighted by molar-refractivity contribution is 6.09. The fourth-order valence-electron chi connectivity index (χ4n) is 4.92. The van der Waals surface area contributed by atoms with Crippen molar-refractivity contribution < 1.29 is 0 Å². The van der Waals surface area contributed by atoms with E-state index in [-0.39, 0.29) is 0 Å². The van der Waals surface area contributed by atoms with E-state index in [0.717, 1.165) is 12.8 Å². The van der Waals surface area contributed by atoms with Crippen LogP contribution in [0.1, 0.15) is 22.6 Å². The number of rotatable bonds is 2. The van der Waals surface area contributed by atoms with Gasteiger partial charge in [0.05, 0.1) is 0 Å². The monoisotopic (exact) mass is 359 g/mol. The van der Waals surface area contributed by atoms with Crippen LogP contribution in [-0.4, -0.2) is 4.98 Å². The molecule has 0 radical (unpaired) electrons. The molecule has 0 saturated heterocycles. The number of aromatic amines is 1. The predicted molar refractivity (Wildman–Crippen MR) is 118 cm³/mol. The maximum Gasteiger partial charge on any atom is 0.0468 e. The van der Waals surface area contributed by atoms with Crippen molar-refractivity contribution in [3.05, 3.63) is 108 Å². The minimum absolute atomic E-state index is 0.521. The number of nitrogens with one attached hydrogen (secondary N) is 1. The van der Waals surface area contributed by atoms with Gasteiger partial charge in [-0.25, -0.2) is 0 Å². The molecular formula is C27H21N. The molecule has 0 spiro atoms. The first-order valence-electron chi connectivity index (χ1n) is 10.0. The Morgan fingerprint density at radius 3 is 2.39 bits per heavy atom. The lowest BCUT2D eigenvalue weighted by atomic mass is 9.76. The SMILES string of the molecule is c1ccc(CC2Cc3cc4[nH]c5ccccc5c4cc3-c3ccccc32)cc1. The molecule has 1 heterocycles. The maximum atomic E-state index is 3.62. The average Bonchev–Trinajstić information content (AvgIpc) is 3.11. The van der Waals surface area contributed by atoms with Crippen LogP contribution >= 0.6 is 0 Å². The highest BCUT2D eigenvalue weighted by Gasteiger charge is 2.25. The molecule has 1 nitrogen and oxygen atoms in total. The number of hydrogen-bond acceptors (Lipinski definition) is 0. The molecule has 0 aliphatic heterocycles. The zero-order valence-corrected chi connectivity index (χ0v) is 15.7. The number of hydrogen-bond donors (Lipinski definition) is 1. The van der Waals surface area contributed by atoms with E-state index in [0.29, 0.717) is 5.92 Å². The summed E-state index contributed by atoms with van der Waals surface area (Å²) in [6, 6.07) is 33.3. The van der Waals surface area contributed by atoms with Crippen molar-refractivity contribution in [3.8, 4) is 11.1 Å². The van der Waals surface area contributed by atoms with Gasteiger partial charge in [0.25, 0.3) is 0 Å². The molecule has 1 atom stereocenters. The van der Waals surface area contributed by atoms with Gasteiger partial charge in [0.15, 0.2) is 0 Å². The van der Waals surface area contributed by atoms with Gasteiger partial charge in [-0.05, 0) is 64.8 Å². The third kappa shape index (κ3) is 2.40. The Balaban J connectivity index is 1.54. The fraction of sp³-hybridized carbons (Fsp3) is 0.111. The van der Waals surface area contributed by atoms with Crippen molar-refractivity contribution in [2.45, 2.75) is 18.8 Å². The van der Waals surface area contributed by atoms with E-state index in [4.69, 9.17) is 0 Å². The van der Waals surface area contributed by atoms with Gasteiger partial charge in [0.2, 0.25) is 0 Å². The number of para-hydroxylation sites is 1.